The number of hydrogen-bond donors (Lipinski definition) is 3. The van der Waals surface area contributed by atoms with E-state index in [2.05, 4.69) is 62.5 Å². The number of carbonyl (C=O) groups excluding carboxylic acids is 2. The largest absolute Gasteiger partial charge is 0.462 e. The highest BCUT2D eigenvalue weighted by atomic mass is 16.5. The third-order valence-electron chi connectivity index (χ3n) is 10.7. The van der Waals surface area contributed by atoms with Crippen molar-refractivity contribution >= 4 is 11.9 Å². The van der Waals surface area contributed by atoms with Crippen molar-refractivity contribution in [3.8, 4) is 0 Å². The predicted octanol–water partition coefficient (Wildman–Crippen LogP) is 13.7. The first-order valence-corrected chi connectivity index (χ1v) is 23.7. The molecule has 0 spiro atoms. The van der Waals surface area contributed by atoms with Crippen LogP contribution in [-0.2, 0) is 14.3 Å². The molecule has 0 bridgehead atoms. The molecule has 0 aromatic carbocycles. The van der Waals surface area contributed by atoms with Gasteiger partial charge in [-0.25, -0.2) is 0 Å². The first kappa shape index (κ1) is 53.1. The van der Waals surface area contributed by atoms with Gasteiger partial charge in [0, 0.05) is 6.42 Å². The highest BCUT2D eigenvalue weighted by Crippen LogP contribution is 2.17. The van der Waals surface area contributed by atoms with Crippen LogP contribution in [0.3, 0.4) is 0 Å². The third-order valence-corrected chi connectivity index (χ3v) is 10.7. The lowest BCUT2D eigenvalue weighted by Crippen LogP contribution is -2.46. The summed E-state index contributed by atoms with van der Waals surface area (Å²) in [5.41, 5.74) is 0. The molecule has 3 atom stereocenters. The van der Waals surface area contributed by atoms with Gasteiger partial charge in [0.2, 0.25) is 5.91 Å². The summed E-state index contributed by atoms with van der Waals surface area (Å²) in [7, 11) is 0. The normalized spacial score (nSPS) is 13.6. The molecule has 0 aromatic rings. The van der Waals surface area contributed by atoms with Gasteiger partial charge in [0.25, 0.3) is 0 Å². The molecule has 0 rings (SSSR count). The number of aliphatic hydroxyl groups excluding tert-OH is 2. The Hall–Kier alpha value is -1.92. The molecule has 0 fully saturated rings. The molecule has 3 unspecified atom stereocenters. The monoisotopic (exact) mass is 774 g/mol. The van der Waals surface area contributed by atoms with Gasteiger partial charge in [-0.15, -0.1) is 0 Å². The van der Waals surface area contributed by atoms with Gasteiger partial charge < -0.3 is 20.3 Å². The number of ether oxygens (including phenoxy) is 1. The maximum absolute atomic E-state index is 13.1. The van der Waals surface area contributed by atoms with Crippen molar-refractivity contribution in [1.82, 2.24) is 5.32 Å². The van der Waals surface area contributed by atoms with E-state index in [0.717, 1.165) is 83.5 Å². The molecule has 0 aromatic heterocycles. The van der Waals surface area contributed by atoms with Gasteiger partial charge in [-0.3, -0.25) is 9.59 Å². The SMILES string of the molecule is CCCC/C=C\CCCCCC(CC(=O)NC(CO)C(O)CCCCCCCCCCCCC)OC(=O)CCCCC/C=C/C=C/CCCCCCCCC. The summed E-state index contributed by atoms with van der Waals surface area (Å²) in [6.45, 7) is 6.41. The Labute approximate surface area is 341 Å². The molecule has 55 heavy (non-hydrogen) atoms. The van der Waals surface area contributed by atoms with Crippen LogP contribution < -0.4 is 5.32 Å². The van der Waals surface area contributed by atoms with Crippen LogP contribution in [0.25, 0.3) is 0 Å². The number of carbonyl (C=O) groups is 2. The van der Waals surface area contributed by atoms with E-state index >= 15 is 0 Å². The fourth-order valence-electron chi connectivity index (χ4n) is 7.05. The highest BCUT2D eigenvalue weighted by molar-refractivity contribution is 5.77. The molecule has 322 valence electrons. The summed E-state index contributed by atoms with van der Waals surface area (Å²) in [5.74, 6) is -0.521. The Bertz CT molecular complexity index is 915. The average molecular weight is 774 g/mol. The van der Waals surface area contributed by atoms with Crippen molar-refractivity contribution in [3.63, 3.8) is 0 Å². The van der Waals surface area contributed by atoms with E-state index in [-0.39, 0.29) is 24.9 Å². The van der Waals surface area contributed by atoms with E-state index in [9.17, 15) is 19.8 Å². The molecule has 6 nitrogen and oxygen atoms in total. The van der Waals surface area contributed by atoms with Crippen molar-refractivity contribution < 1.29 is 24.5 Å². The van der Waals surface area contributed by atoms with E-state index < -0.39 is 18.2 Å². The van der Waals surface area contributed by atoms with Gasteiger partial charge in [-0.2, -0.15) is 0 Å². The first-order chi connectivity index (χ1) is 27.0. The molecular formula is C49H91NO5. The average Bonchev–Trinajstić information content (AvgIpc) is 3.18. The second kappa shape index (κ2) is 43.2. The molecule has 0 aliphatic carbocycles. The van der Waals surface area contributed by atoms with E-state index in [1.165, 1.54) is 109 Å². The van der Waals surface area contributed by atoms with E-state index in [1.54, 1.807) is 0 Å². The summed E-state index contributed by atoms with van der Waals surface area (Å²) in [5, 5.41) is 23.6. The molecule has 0 heterocycles. The molecule has 3 N–H and O–H groups in total. The summed E-state index contributed by atoms with van der Waals surface area (Å²) in [6.07, 6.45) is 49.2. The topological polar surface area (TPSA) is 95.9 Å². The maximum atomic E-state index is 13.1. The van der Waals surface area contributed by atoms with Gasteiger partial charge in [0.05, 0.1) is 25.2 Å². The van der Waals surface area contributed by atoms with Crippen LogP contribution in [0.2, 0.25) is 0 Å². The zero-order chi connectivity index (χ0) is 40.3. The smallest absolute Gasteiger partial charge is 0.306 e. The second-order valence-electron chi connectivity index (χ2n) is 16.2. The third kappa shape index (κ3) is 38.7. The number of rotatable bonds is 42. The Balaban J connectivity index is 4.55. The lowest BCUT2D eigenvalue weighted by molar-refractivity contribution is -0.151. The summed E-state index contributed by atoms with van der Waals surface area (Å²) in [4.78, 5) is 25.9. The molecule has 0 saturated carbocycles. The Morgan fingerprint density at radius 2 is 0.945 bits per heavy atom. The molecule has 6 heteroatoms. The zero-order valence-corrected chi connectivity index (χ0v) is 36.6. The van der Waals surface area contributed by atoms with Crippen LogP contribution >= 0.6 is 0 Å². The van der Waals surface area contributed by atoms with Crippen molar-refractivity contribution in [1.29, 1.82) is 0 Å². The maximum Gasteiger partial charge on any atom is 0.306 e. The minimum absolute atomic E-state index is 0.0571. The summed E-state index contributed by atoms with van der Waals surface area (Å²) >= 11 is 0. The van der Waals surface area contributed by atoms with Gasteiger partial charge in [-0.1, -0.05) is 192 Å². The number of aliphatic hydroxyl groups is 2. The number of allylic oxidation sites excluding steroid dienone is 6. The Kier molecular flexibility index (Phi) is 41.7. The number of esters is 1. The molecule has 0 saturated heterocycles. The number of hydrogen-bond acceptors (Lipinski definition) is 5. The van der Waals surface area contributed by atoms with E-state index in [4.69, 9.17) is 4.74 Å². The fraction of sp³-hybridized carbons (Fsp3) is 0.837. The van der Waals surface area contributed by atoms with Crippen molar-refractivity contribution in [2.24, 2.45) is 0 Å². The van der Waals surface area contributed by atoms with Crippen LogP contribution in [0.1, 0.15) is 239 Å². The Morgan fingerprint density at radius 1 is 0.527 bits per heavy atom. The van der Waals surface area contributed by atoms with Crippen molar-refractivity contribution in [2.75, 3.05) is 6.61 Å². The molecule has 1 amide bonds. The second-order valence-corrected chi connectivity index (χ2v) is 16.2. The van der Waals surface area contributed by atoms with Crippen LogP contribution in [0, 0.1) is 0 Å². The molecule has 0 aliphatic heterocycles. The Morgan fingerprint density at radius 3 is 1.47 bits per heavy atom. The summed E-state index contributed by atoms with van der Waals surface area (Å²) < 4.78 is 5.88. The van der Waals surface area contributed by atoms with Gasteiger partial charge in [0.1, 0.15) is 6.10 Å². The fourth-order valence-corrected chi connectivity index (χ4v) is 7.05. The minimum atomic E-state index is -0.792. The minimum Gasteiger partial charge on any atom is -0.462 e. The highest BCUT2D eigenvalue weighted by Gasteiger charge is 2.24. The van der Waals surface area contributed by atoms with Crippen molar-refractivity contribution in [3.05, 3.63) is 36.5 Å². The predicted molar refractivity (Wildman–Crippen MR) is 236 cm³/mol. The van der Waals surface area contributed by atoms with Crippen molar-refractivity contribution in [2.45, 2.75) is 257 Å². The molecule has 0 aliphatic rings. The zero-order valence-electron chi connectivity index (χ0n) is 36.6. The quantitative estimate of drug-likeness (QED) is 0.0248. The molecule has 0 radical (unpaired) electrons. The lowest BCUT2D eigenvalue weighted by atomic mass is 10.0. The van der Waals surface area contributed by atoms with E-state index in [1.807, 2.05) is 0 Å². The lowest BCUT2D eigenvalue weighted by Gasteiger charge is -2.24. The van der Waals surface area contributed by atoms with Crippen LogP contribution in [0.4, 0.5) is 0 Å². The standard InChI is InChI=1S/C49H91NO5/c1-4-7-10-13-16-19-21-22-23-24-25-27-30-33-36-39-42-49(54)55-45(40-37-34-31-28-18-15-12-9-6-3)43-48(53)50-46(44-51)47(52)41-38-35-32-29-26-20-17-14-11-8-5-2/h15,18,23-25,27,45-47,51-52H,4-14,16-17,19-22,26,28-44H2,1-3H3,(H,50,53)/b18-15-,24-23+,27-25+. The summed E-state index contributed by atoms with van der Waals surface area (Å²) in [6, 6.07) is -0.707. The van der Waals surface area contributed by atoms with Gasteiger partial charge in [-0.05, 0) is 70.6 Å². The number of unbranched alkanes of at least 4 members (excludes halogenated alkanes) is 25. The number of amides is 1. The van der Waals surface area contributed by atoms with Crippen LogP contribution in [0.5, 0.6) is 0 Å². The van der Waals surface area contributed by atoms with E-state index in [0.29, 0.717) is 19.3 Å². The number of nitrogens with one attached hydrogen (secondary N) is 1. The van der Waals surface area contributed by atoms with Gasteiger partial charge in [0.15, 0.2) is 0 Å². The van der Waals surface area contributed by atoms with Crippen LogP contribution in [0.15, 0.2) is 36.5 Å². The van der Waals surface area contributed by atoms with Gasteiger partial charge >= 0.3 is 5.97 Å². The first-order valence-electron chi connectivity index (χ1n) is 23.7. The van der Waals surface area contributed by atoms with Crippen LogP contribution in [-0.4, -0.2) is 46.9 Å². The molecular weight excluding hydrogens is 683 g/mol.